The third-order valence-electron chi connectivity index (χ3n) is 4.19. The number of methoxy groups -OCH3 is 1. The van der Waals surface area contributed by atoms with Gasteiger partial charge in [0.25, 0.3) is 5.91 Å². The van der Waals surface area contributed by atoms with Gasteiger partial charge in [0, 0.05) is 44.4 Å². The smallest absolute Gasteiger partial charge is 0.254 e. The molecule has 122 valence electrons. The number of benzene rings is 1. The molecule has 3 rings (SSSR count). The normalized spacial score (nSPS) is 15.7. The number of aryl methyl sites for hydroxylation is 1. The molecule has 1 amide bonds. The van der Waals surface area contributed by atoms with E-state index in [2.05, 4.69) is 10.1 Å². The summed E-state index contributed by atoms with van der Waals surface area (Å²) in [5, 5.41) is 3.93. The molecule has 2 heterocycles. The fourth-order valence-electron chi connectivity index (χ4n) is 2.79. The fraction of sp³-hybridized carbons (Fsp3) is 0.412. The summed E-state index contributed by atoms with van der Waals surface area (Å²) in [6.07, 6.45) is 1.58. The lowest BCUT2D eigenvalue weighted by atomic mass is 10.1. The molecule has 1 aliphatic rings. The zero-order valence-electron chi connectivity index (χ0n) is 13.5. The number of nitrogens with zero attached hydrogens (tertiary/aromatic N) is 3. The van der Waals surface area contributed by atoms with Gasteiger partial charge in [-0.2, -0.15) is 0 Å². The van der Waals surface area contributed by atoms with E-state index >= 15 is 0 Å². The van der Waals surface area contributed by atoms with Gasteiger partial charge in [0.1, 0.15) is 12.0 Å². The number of ether oxygens (including phenoxy) is 1. The van der Waals surface area contributed by atoms with Crippen LogP contribution in [-0.4, -0.2) is 54.2 Å². The van der Waals surface area contributed by atoms with Crippen molar-refractivity contribution in [2.24, 2.45) is 0 Å². The van der Waals surface area contributed by atoms with Crippen molar-refractivity contribution in [3.63, 3.8) is 0 Å². The maximum Gasteiger partial charge on any atom is 0.254 e. The first-order chi connectivity index (χ1) is 11.2. The summed E-state index contributed by atoms with van der Waals surface area (Å²) < 4.78 is 10.2. The Morgan fingerprint density at radius 1 is 1.26 bits per heavy atom. The Labute approximate surface area is 135 Å². The highest BCUT2D eigenvalue weighted by atomic mass is 16.5. The molecule has 1 aromatic heterocycles. The predicted molar refractivity (Wildman–Crippen MR) is 85.4 cm³/mol. The zero-order valence-corrected chi connectivity index (χ0v) is 13.5. The molecule has 0 bridgehead atoms. The quantitative estimate of drug-likeness (QED) is 0.863. The topological polar surface area (TPSA) is 58.8 Å². The van der Waals surface area contributed by atoms with Crippen LogP contribution in [0.5, 0.6) is 5.75 Å². The van der Waals surface area contributed by atoms with Crippen molar-refractivity contribution >= 4 is 5.91 Å². The van der Waals surface area contributed by atoms with Crippen LogP contribution < -0.4 is 4.74 Å². The first kappa shape index (κ1) is 15.6. The van der Waals surface area contributed by atoms with E-state index in [9.17, 15) is 4.79 Å². The van der Waals surface area contributed by atoms with Crippen molar-refractivity contribution in [3.8, 4) is 5.75 Å². The number of amides is 1. The minimum atomic E-state index is 0.0596. The zero-order chi connectivity index (χ0) is 16.2. The monoisotopic (exact) mass is 315 g/mol. The van der Waals surface area contributed by atoms with E-state index in [1.165, 1.54) is 0 Å². The maximum absolute atomic E-state index is 12.6. The van der Waals surface area contributed by atoms with Crippen LogP contribution >= 0.6 is 0 Å². The van der Waals surface area contributed by atoms with Crippen molar-refractivity contribution in [2.45, 2.75) is 13.5 Å². The molecule has 6 nitrogen and oxygen atoms in total. The van der Waals surface area contributed by atoms with Crippen LogP contribution in [0.4, 0.5) is 0 Å². The van der Waals surface area contributed by atoms with Crippen LogP contribution in [-0.2, 0) is 6.54 Å². The highest BCUT2D eigenvalue weighted by molar-refractivity contribution is 5.94. The molecule has 0 saturated carbocycles. The molecule has 0 N–H and O–H groups in total. The van der Waals surface area contributed by atoms with Crippen molar-refractivity contribution in [2.75, 3.05) is 33.3 Å². The lowest BCUT2D eigenvalue weighted by Crippen LogP contribution is -2.48. The van der Waals surface area contributed by atoms with Crippen molar-refractivity contribution in [1.82, 2.24) is 15.0 Å². The largest absolute Gasteiger partial charge is 0.496 e. The van der Waals surface area contributed by atoms with Gasteiger partial charge >= 0.3 is 0 Å². The Morgan fingerprint density at radius 3 is 2.70 bits per heavy atom. The van der Waals surface area contributed by atoms with Gasteiger partial charge in [-0.15, -0.1) is 0 Å². The molecular formula is C17H21N3O3. The third kappa shape index (κ3) is 3.53. The number of carbonyl (C=O) groups is 1. The Hall–Kier alpha value is -2.34. The Balaban J connectivity index is 1.59. The van der Waals surface area contributed by atoms with Gasteiger partial charge < -0.3 is 14.2 Å². The molecule has 2 aromatic rings. The van der Waals surface area contributed by atoms with E-state index in [1.807, 2.05) is 36.1 Å². The van der Waals surface area contributed by atoms with E-state index in [4.69, 9.17) is 9.26 Å². The molecule has 6 heteroatoms. The van der Waals surface area contributed by atoms with Crippen LogP contribution in [0.3, 0.4) is 0 Å². The predicted octanol–water partition coefficient (Wildman–Crippen LogP) is 1.95. The Bertz CT molecular complexity index is 662. The number of aromatic nitrogens is 1. The number of rotatable bonds is 4. The lowest BCUT2D eigenvalue weighted by Gasteiger charge is -2.34. The summed E-state index contributed by atoms with van der Waals surface area (Å²) in [7, 11) is 1.62. The number of piperazine rings is 1. The molecule has 23 heavy (non-hydrogen) atoms. The van der Waals surface area contributed by atoms with Gasteiger partial charge in [0.05, 0.1) is 12.8 Å². The molecule has 1 aliphatic heterocycles. The van der Waals surface area contributed by atoms with Gasteiger partial charge in [-0.3, -0.25) is 9.69 Å². The van der Waals surface area contributed by atoms with Crippen LogP contribution in [0.25, 0.3) is 0 Å². The minimum Gasteiger partial charge on any atom is -0.496 e. The third-order valence-corrected chi connectivity index (χ3v) is 4.19. The van der Waals surface area contributed by atoms with Crippen LogP contribution in [0, 0.1) is 6.92 Å². The molecular weight excluding hydrogens is 294 g/mol. The summed E-state index contributed by atoms with van der Waals surface area (Å²) >= 11 is 0. The SMILES string of the molecule is COc1cc(C(=O)N2CCN(Cc3ccon3)CC2)ccc1C. The van der Waals surface area contributed by atoms with Gasteiger partial charge in [-0.25, -0.2) is 0 Å². The highest BCUT2D eigenvalue weighted by Crippen LogP contribution is 2.20. The Kier molecular flexibility index (Phi) is 4.62. The van der Waals surface area contributed by atoms with Crippen molar-refractivity contribution in [3.05, 3.63) is 47.3 Å². The molecule has 0 spiro atoms. The van der Waals surface area contributed by atoms with E-state index in [1.54, 1.807) is 13.4 Å². The molecule has 1 saturated heterocycles. The van der Waals surface area contributed by atoms with E-state index in [-0.39, 0.29) is 5.91 Å². The second-order valence-corrected chi connectivity index (χ2v) is 5.74. The van der Waals surface area contributed by atoms with Crippen molar-refractivity contribution < 1.29 is 14.1 Å². The summed E-state index contributed by atoms with van der Waals surface area (Å²) in [5.74, 6) is 0.810. The van der Waals surface area contributed by atoms with E-state index in [0.717, 1.165) is 36.6 Å². The number of carbonyl (C=O) groups excluding carboxylic acids is 1. The van der Waals surface area contributed by atoms with Gasteiger partial charge in [0.2, 0.25) is 0 Å². The lowest BCUT2D eigenvalue weighted by molar-refractivity contribution is 0.0625. The highest BCUT2D eigenvalue weighted by Gasteiger charge is 2.23. The van der Waals surface area contributed by atoms with Crippen LogP contribution in [0.1, 0.15) is 21.6 Å². The first-order valence-corrected chi connectivity index (χ1v) is 7.73. The van der Waals surface area contributed by atoms with Gasteiger partial charge in [-0.1, -0.05) is 11.2 Å². The average Bonchev–Trinajstić information content (AvgIpc) is 3.08. The minimum absolute atomic E-state index is 0.0596. The molecule has 1 fully saturated rings. The summed E-state index contributed by atoms with van der Waals surface area (Å²) in [6, 6.07) is 7.48. The molecule has 0 aliphatic carbocycles. The van der Waals surface area contributed by atoms with Crippen molar-refractivity contribution in [1.29, 1.82) is 0 Å². The fourth-order valence-corrected chi connectivity index (χ4v) is 2.79. The number of hydrogen-bond acceptors (Lipinski definition) is 5. The Morgan fingerprint density at radius 2 is 2.04 bits per heavy atom. The van der Waals surface area contributed by atoms with Gasteiger partial charge in [-0.05, 0) is 24.6 Å². The van der Waals surface area contributed by atoms with Crippen LogP contribution in [0.15, 0.2) is 35.1 Å². The molecule has 0 radical (unpaired) electrons. The van der Waals surface area contributed by atoms with Crippen LogP contribution in [0.2, 0.25) is 0 Å². The summed E-state index contributed by atoms with van der Waals surface area (Å²) in [4.78, 5) is 16.8. The van der Waals surface area contributed by atoms with Gasteiger partial charge in [0.15, 0.2) is 0 Å². The summed E-state index contributed by atoms with van der Waals surface area (Å²) in [5.41, 5.74) is 2.63. The first-order valence-electron chi connectivity index (χ1n) is 7.73. The second-order valence-electron chi connectivity index (χ2n) is 5.74. The number of hydrogen-bond donors (Lipinski definition) is 0. The second kappa shape index (κ2) is 6.83. The molecule has 0 atom stereocenters. The average molecular weight is 315 g/mol. The molecule has 0 unspecified atom stereocenters. The standard InChI is InChI=1S/C17H21N3O3/c1-13-3-4-14(11-16(13)22-2)17(21)20-8-6-19(7-9-20)12-15-5-10-23-18-15/h3-5,10-11H,6-9,12H2,1-2H3. The van der Waals surface area contributed by atoms with E-state index in [0.29, 0.717) is 18.7 Å². The molecule has 1 aromatic carbocycles. The maximum atomic E-state index is 12.6. The summed E-state index contributed by atoms with van der Waals surface area (Å²) in [6.45, 7) is 5.83. The van der Waals surface area contributed by atoms with E-state index < -0.39 is 0 Å².